The van der Waals surface area contributed by atoms with Crippen LogP contribution < -0.4 is 20.3 Å². The third kappa shape index (κ3) is 5.57. The molecule has 11 heteroatoms. The lowest BCUT2D eigenvalue weighted by molar-refractivity contribution is -0.115. The lowest BCUT2D eigenvalue weighted by Gasteiger charge is -2.30. The predicted molar refractivity (Wildman–Crippen MR) is 128 cm³/mol. The summed E-state index contributed by atoms with van der Waals surface area (Å²) < 4.78 is 26.0. The Labute approximate surface area is 202 Å². The first-order valence-corrected chi connectivity index (χ1v) is 11.0. The number of carbonyl (C=O) groups excluding carboxylic acids is 2. The summed E-state index contributed by atoms with van der Waals surface area (Å²) in [7, 11) is 3.33. The molecule has 2 N–H and O–H groups in total. The van der Waals surface area contributed by atoms with Gasteiger partial charge in [0.25, 0.3) is 0 Å². The number of benzene rings is 1. The van der Waals surface area contributed by atoms with Gasteiger partial charge in [0.15, 0.2) is 5.82 Å². The summed E-state index contributed by atoms with van der Waals surface area (Å²) in [5, 5.41) is 9.83. The molecule has 3 heterocycles. The van der Waals surface area contributed by atoms with E-state index in [4.69, 9.17) is 9.47 Å². The van der Waals surface area contributed by atoms with Crippen molar-refractivity contribution in [2.45, 2.75) is 25.7 Å². The average molecular weight is 483 g/mol. The number of ether oxygens (including phenoxy) is 2. The van der Waals surface area contributed by atoms with Crippen molar-refractivity contribution in [2.75, 3.05) is 30.5 Å². The van der Waals surface area contributed by atoms with Gasteiger partial charge in [0.05, 0.1) is 24.0 Å². The number of nitrogens with one attached hydrogen (secondary N) is 2. The molecule has 0 bridgehead atoms. The Morgan fingerprint density at radius 1 is 1.29 bits per heavy atom. The number of pyridine rings is 1. The Morgan fingerprint density at radius 3 is 2.66 bits per heavy atom. The highest BCUT2D eigenvalue weighted by Gasteiger charge is 2.30. The fraction of sp³-hybridized carbons (Fsp3) is 0.333. The number of methoxy groups -OCH3 is 1. The van der Waals surface area contributed by atoms with Crippen molar-refractivity contribution in [1.82, 2.24) is 20.1 Å². The van der Waals surface area contributed by atoms with Gasteiger partial charge >= 0.3 is 6.03 Å². The van der Waals surface area contributed by atoms with Crippen LogP contribution in [0.1, 0.15) is 25.5 Å². The first-order valence-electron chi connectivity index (χ1n) is 11.0. The van der Waals surface area contributed by atoms with Crippen molar-refractivity contribution >= 4 is 23.4 Å². The zero-order valence-electron chi connectivity index (χ0n) is 19.9. The SMILES string of the molecule is COCC(NC(=O)N1CC(=O)Nc2cc(-c3ccnn3C)cnc21)c1ccc(OC(C)(C)F)cc1. The van der Waals surface area contributed by atoms with Crippen LogP contribution in [0.2, 0.25) is 0 Å². The van der Waals surface area contributed by atoms with Crippen LogP contribution in [-0.4, -0.2) is 52.8 Å². The number of fused-ring (bicyclic) bond motifs is 1. The molecule has 1 atom stereocenters. The second-order valence-corrected chi connectivity index (χ2v) is 8.56. The second kappa shape index (κ2) is 9.71. The highest BCUT2D eigenvalue weighted by Crippen LogP contribution is 2.32. The molecule has 184 valence electrons. The van der Waals surface area contributed by atoms with E-state index in [-0.39, 0.29) is 19.1 Å². The summed E-state index contributed by atoms with van der Waals surface area (Å²) >= 11 is 0. The van der Waals surface area contributed by atoms with Gasteiger partial charge in [-0.1, -0.05) is 12.1 Å². The van der Waals surface area contributed by atoms with E-state index in [0.29, 0.717) is 17.3 Å². The molecule has 1 aliphatic rings. The Bertz CT molecular complexity index is 1220. The van der Waals surface area contributed by atoms with Crippen molar-refractivity contribution < 1.29 is 23.5 Å². The number of aryl methyl sites for hydroxylation is 1. The first-order chi connectivity index (χ1) is 16.6. The summed E-state index contributed by atoms with van der Waals surface area (Å²) in [5.74, 6) is -1.46. The van der Waals surface area contributed by atoms with Gasteiger partial charge in [-0.15, -0.1) is 0 Å². The summed E-state index contributed by atoms with van der Waals surface area (Å²) in [6, 6.07) is 9.25. The van der Waals surface area contributed by atoms with Crippen LogP contribution in [0.5, 0.6) is 5.75 Å². The molecule has 1 aliphatic heterocycles. The molecule has 35 heavy (non-hydrogen) atoms. The first kappa shape index (κ1) is 24.1. The van der Waals surface area contributed by atoms with Crippen molar-refractivity contribution in [2.24, 2.45) is 7.05 Å². The number of hydrogen-bond acceptors (Lipinski definition) is 6. The minimum atomic E-state index is -1.81. The third-order valence-corrected chi connectivity index (χ3v) is 5.33. The lowest BCUT2D eigenvalue weighted by Crippen LogP contribution is -2.49. The number of rotatable bonds is 7. The van der Waals surface area contributed by atoms with Gasteiger partial charge in [0, 0.05) is 46.0 Å². The van der Waals surface area contributed by atoms with Gasteiger partial charge in [-0.2, -0.15) is 9.49 Å². The number of halogens is 1. The molecule has 3 amide bonds. The Morgan fingerprint density at radius 2 is 2.03 bits per heavy atom. The largest absolute Gasteiger partial charge is 0.459 e. The van der Waals surface area contributed by atoms with Crippen LogP contribution in [0, 0.1) is 0 Å². The number of nitrogens with zero attached hydrogens (tertiary/aromatic N) is 4. The number of carbonyl (C=O) groups is 2. The summed E-state index contributed by atoms with van der Waals surface area (Å²) in [6.07, 6.45) is 3.30. The van der Waals surface area contributed by atoms with Crippen molar-refractivity contribution in [1.29, 1.82) is 0 Å². The highest BCUT2D eigenvalue weighted by atomic mass is 19.2. The van der Waals surface area contributed by atoms with Gasteiger partial charge in [-0.3, -0.25) is 14.4 Å². The van der Waals surface area contributed by atoms with Crippen LogP contribution in [0.25, 0.3) is 11.3 Å². The second-order valence-electron chi connectivity index (χ2n) is 8.56. The van der Waals surface area contributed by atoms with Crippen LogP contribution in [-0.2, 0) is 16.6 Å². The maximum Gasteiger partial charge on any atom is 0.324 e. The number of hydrogen-bond donors (Lipinski definition) is 2. The molecular formula is C24H27FN6O4. The van der Waals surface area contributed by atoms with Crippen molar-refractivity contribution in [3.8, 4) is 17.0 Å². The quantitative estimate of drug-likeness (QED) is 0.534. The van der Waals surface area contributed by atoms with Crippen LogP contribution in [0.15, 0.2) is 48.8 Å². The fourth-order valence-electron chi connectivity index (χ4n) is 3.80. The lowest BCUT2D eigenvalue weighted by atomic mass is 10.1. The van der Waals surface area contributed by atoms with Gasteiger partial charge < -0.3 is 20.1 Å². The molecule has 10 nitrogen and oxygen atoms in total. The van der Waals surface area contributed by atoms with Crippen molar-refractivity contribution in [3.05, 3.63) is 54.4 Å². The third-order valence-electron chi connectivity index (χ3n) is 5.33. The van der Waals surface area contributed by atoms with Gasteiger partial charge in [-0.25, -0.2) is 9.78 Å². The number of aromatic nitrogens is 3. The van der Waals surface area contributed by atoms with E-state index >= 15 is 0 Å². The fourth-order valence-corrected chi connectivity index (χ4v) is 3.80. The molecule has 0 saturated heterocycles. The molecule has 0 aliphatic carbocycles. The maximum atomic E-state index is 13.8. The summed E-state index contributed by atoms with van der Waals surface area (Å²) in [4.78, 5) is 31.4. The van der Waals surface area contributed by atoms with Crippen LogP contribution in [0.3, 0.4) is 0 Å². The minimum Gasteiger partial charge on any atom is -0.459 e. The predicted octanol–water partition coefficient (Wildman–Crippen LogP) is 3.42. The minimum absolute atomic E-state index is 0.181. The molecule has 1 unspecified atom stereocenters. The van der Waals surface area contributed by atoms with E-state index in [2.05, 4.69) is 20.7 Å². The molecule has 4 rings (SSSR count). The molecule has 0 radical (unpaired) electrons. The molecule has 0 spiro atoms. The van der Waals surface area contributed by atoms with Gasteiger partial charge in [0.2, 0.25) is 11.8 Å². The summed E-state index contributed by atoms with van der Waals surface area (Å²) in [5.41, 5.74) is 2.72. The van der Waals surface area contributed by atoms with Crippen LogP contribution in [0.4, 0.5) is 20.7 Å². The number of urea groups is 1. The normalized spacial score (nSPS) is 14.2. The molecule has 0 fully saturated rings. The number of alkyl halides is 1. The highest BCUT2D eigenvalue weighted by molar-refractivity contribution is 6.09. The Kier molecular flexibility index (Phi) is 6.70. The van der Waals surface area contributed by atoms with Crippen LogP contribution >= 0.6 is 0 Å². The van der Waals surface area contributed by atoms with E-state index in [1.807, 2.05) is 6.07 Å². The number of anilines is 2. The molecule has 0 saturated carbocycles. The zero-order valence-corrected chi connectivity index (χ0v) is 19.9. The zero-order chi connectivity index (χ0) is 25.2. The molecule has 1 aromatic carbocycles. The monoisotopic (exact) mass is 482 g/mol. The topological polar surface area (TPSA) is 111 Å². The Balaban J connectivity index is 1.55. The van der Waals surface area contributed by atoms with Crippen molar-refractivity contribution in [3.63, 3.8) is 0 Å². The van der Waals surface area contributed by atoms with Gasteiger partial charge in [-0.05, 0) is 29.8 Å². The standard InChI is InChI=1S/C24H27FN6O4/c1-24(2,25)35-17-7-5-15(6-8-17)19(14-34-4)29-23(33)31-13-21(32)28-18-11-16(12-26-22(18)31)20-9-10-27-30(20)3/h5-12,19H,13-14H2,1-4H3,(H,28,32)(H,29,33). The smallest absolute Gasteiger partial charge is 0.324 e. The van der Waals surface area contributed by atoms with E-state index in [9.17, 15) is 14.0 Å². The van der Waals surface area contributed by atoms with E-state index in [0.717, 1.165) is 16.8 Å². The van der Waals surface area contributed by atoms with Gasteiger partial charge in [0.1, 0.15) is 12.3 Å². The molecule has 3 aromatic rings. The molecular weight excluding hydrogens is 455 g/mol. The Hall–Kier alpha value is -3.99. The summed E-state index contributed by atoms with van der Waals surface area (Å²) in [6.45, 7) is 2.62. The number of amides is 3. The maximum absolute atomic E-state index is 13.8. The molecule has 2 aromatic heterocycles. The van der Waals surface area contributed by atoms with E-state index in [1.54, 1.807) is 54.5 Å². The van der Waals surface area contributed by atoms with E-state index in [1.165, 1.54) is 25.9 Å². The average Bonchev–Trinajstić information content (AvgIpc) is 3.23. The van der Waals surface area contributed by atoms with E-state index < -0.39 is 17.9 Å².